The number of likely N-dealkylation sites (tertiary alicyclic amines) is 1. The molecule has 1 saturated heterocycles. The van der Waals surface area contributed by atoms with Crippen molar-refractivity contribution < 1.29 is 43.4 Å². The normalized spacial score (nSPS) is 14.9. The molecule has 0 bridgehead atoms. The molecule has 0 radical (unpaired) electrons. The molecular formula is C36H44N8O10. The van der Waals surface area contributed by atoms with Crippen LogP contribution in [0.5, 0.6) is 11.5 Å². The summed E-state index contributed by atoms with van der Waals surface area (Å²) in [6.45, 7) is 2.33. The number of carbonyl (C=O) groups excluding carboxylic acids is 3. The highest BCUT2D eigenvalue weighted by molar-refractivity contribution is 5.82. The van der Waals surface area contributed by atoms with Gasteiger partial charge in [-0.25, -0.2) is 4.79 Å². The van der Waals surface area contributed by atoms with Crippen LogP contribution in [-0.2, 0) is 23.9 Å². The van der Waals surface area contributed by atoms with Gasteiger partial charge in [-0.2, -0.15) is 10.2 Å². The molecule has 18 heteroatoms. The van der Waals surface area contributed by atoms with E-state index in [1.165, 1.54) is 45.5 Å². The lowest BCUT2D eigenvalue weighted by Crippen LogP contribution is -2.47. The Bertz CT molecular complexity index is 1830. The molecule has 0 spiro atoms. The minimum atomic E-state index is -0.660. The largest absolute Gasteiger partial charge is 0.494 e. The second-order valence-electron chi connectivity index (χ2n) is 12.0. The lowest BCUT2D eigenvalue weighted by Gasteiger charge is -2.32. The molecule has 1 aliphatic heterocycles. The average molecular weight is 750 g/mol. The van der Waals surface area contributed by atoms with Gasteiger partial charge in [0, 0.05) is 62.0 Å². The highest BCUT2D eigenvalue weighted by Crippen LogP contribution is 2.41. The van der Waals surface area contributed by atoms with Gasteiger partial charge in [0.25, 0.3) is 5.69 Å². The van der Waals surface area contributed by atoms with Crippen LogP contribution in [0.25, 0.3) is 0 Å². The Morgan fingerprint density at radius 2 is 1.61 bits per heavy atom. The summed E-state index contributed by atoms with van der Waals surface area (Å²) in [6, 6.07) is 15.8. The van der Waals surface area contributed by atoms with Crippen LogP contribution in [0.2, 0.25) is 0 Å². The summed E-state index contributed by atoms with van der Waals surface area (Å²) >= 11 is 0. The number of nitro groups is 1. The SMILES string of the molecule is [2H]OCC(COC(=O)COCC(=O)NC)C1CCCN1C(=O)CN(CC)c1ccc(N=Nc2cc(OC)c(N=Nc3ccc([N+](=O)[O-])cc3)cc2OC)cc1. The van der Waals surface area contributed by atoms with Crippen molar-refractivity contribution in [2.24, 2.45) is 26.4 Å². The van der Waals surface area contributed by atoms with Crippen LogP contribution in [0.1, 0.15) is 19.8 Å². The summed E-state index contributed by atoms with van der Waals surface area (Å²) in [4.78, 5) is 51.2. The number of likely N-dealkylation sites (N-methyl/N-ethyl adjacent to an activating group) is 2. The Morgan fingerprint density at radius 3 is 2.15 bits per heavy atom. The van der Waals surface area contributed by atoms with Crippen molar-refractivity contribution in [1.29, 1.82) is 1.43 Å². The molecule has 0 aromatic heterocycles. The third-order valence-electron chi connectivity index (χ3n) is 8.58. The van der Waals surface area contributed by atoms with Crippen LogP contribution in [0.3, 0.4) is 0 Å². The summed E-state index contributed by atoms with van der Waals surface area (Å²) < 4.78 is 28.7. The first-order valence-electron chi connectivity index (χ1n) is 17.5. The number of non-ortho nitro benzene ring substituents is 1. The van der Waals surface area contributed by atoms with Crippen molar-refractivity contribution in [2.45, 2.75) is 25.8 Å². The van der Waals surface area contributed by atoms with Crippen LogP contribution in [0.15, 0.2) is 81.1 Å². The third kappa shape index (κ3) is 11.2. The smallest absolute Gasteiger partial charge is 0.332 e. The number of nitrogens with zero attached hydrogens (tertiary/aromatic N) is 7. The zero-order valence-electron chi connectivity index (χ0n) is 31.5. The third-order valence-corrected chi connectivity index (χ3v) is 8.58. The van der Waals surface area contributed by atoms with Gasteiger partial charge in [0.05, 0.1) is 50.3 Å². The first kappa shape index (κ1) is 39.2. The standard InChI is InChI=1S/C36H44N8O10/c1-5-42(19-35(47)43-16-6-7-31(43)24(20-45)21-54-36(48)23-53-22-34(46)37-2)27-12-8-25(9-13-27)38-40-29-17-33(52-4)30(18-32(29)51-3)41-39-26-10-14-28(15-11-26)44(49)50/h8-15,17-18,24,31,45H,5-7,16,19-23H2,1-4H3,(H,37,46)/i45D. The molecule has 18 nitrogen and oxygen atoms in total. The minimum absolute atomic E-state index is 0.0352. The zero-order valence-corrected chi connectivity index (χ0v) is 30.5. The molecule has 3 aromatic rings. The fraction of sp³-hybridized carbons (Fsp3) is 0.417. The monoisotopic (exact) mass is 749 g/mol. The number of hydrogen-bond acceptors (Lipinski definition) is 15. The summed E-state index contributed by atoms with van der Waals surface area (Å²) in [6.07, 6.45) is 1.42. The predicted molar refractivity (Wildman–Crippen MR) is 196 cm³/mol. The maximum atomic E-state index is 13.6. The van der Waals surface area contributed by atoms with E-state index in [2.05, 4.69) is 30.9 Å². The van der Waals surface area contributed by atoms with E-state index in [0.29, 0.717) is 53.8 Å². The summed E-state index contributed by atoms with van der Waals surface area (Å²) in [7, 11) is 4.41. The Morgan fingerprint density at radius 1 is 1.00 bits per heavy atom. The maximum absolute atomic E-state index is 13.6. The summed E-state index contributed by atoms with van der Waals surface area (Å²) in [5.74, 6) is -0.858. The quantitative estimate of drug-likeness (QED) is 0.0664. The molecule has 2 atom stereocenters. The highest BCUT2D eigenvalue weighted by atomic mass is 16.6. The number of benzene rings is 3. The molecule has 0 saturated carbocycles. The van der Waals surface area contributed by atoms with Crippen molar-refractivity contribution in [3.05, 3.63) is 70.8 Å². The first-order chi connectivity index (χ1) is 26.6. The van der Waals surface area contributed by atoms with Crippen molar-refractivity contribution in [2.75, 3.05) is 72.2 Å². The molecule has 1 aliphatic rings. The topological polar surface area (TPSA) is 219 Å². The lowest BCUT2D eigenvalue weighted by atomic mass is 9.99. The van der Waals surface area contributed by atoms with E-state index in [0.717, 1.165) is 12.1 Å². The number of esters is 1. The van der Waals surface area contributed by atoms with E-state index in [1.807, 2.05) is 24.0 Å². The van der Waals surface area contributed by atoms with Crippen molar-refractivity contribution in [3.8, 4) is 11.5 Å². The number of methoxy groups -OCH3 is 2. The van der Waals surface area contributed by atoms with Crippen LogP contribution >= 0.6 is 0 Å². The summed E-state index contributed by atoms with van der Waals surface area (Å²) in [5.41, 5.74) is 2.41. The van der Waals surface area contributed by atoms with E-state index < -0.39 is 23.4 Å². The number of aliphatic hydroxyl groups is 1. The second-order valence-corrected chi connectivity index (χ2v) is 12.0. The predicted octanol–water partition coefficient (Wildman–Crippen LogP) is 5.17. The fourth-order valence-corrected chi connectivity index (χ4v) is 5.66. The van der Waals surface area contributed by atoms with Gasteiger partial charge >= 0.3 is 5.97 Å². The average Bonchev–Trinajstić information content (AvgIpc) is 3.70. The first-order valence-corrected chi connectivity index (χ1v) is 17.1. The van der Waals surface area contributed by atoms with Gasteiger partial charge in [0.15, 0.2) is 0 Å². The van der Waals surface area contributed by atoms with Crippen molar-refractivity contribution >= 4 is 51.9 Å². The van der Waals surface area contributed by atoms with E-state index in [4.69, 9.17) is 20.4 Å². The van der Waals surface area contributed by atoms with E-state index >= 15 is 0 Å². The van der Waals surface area contributed by atoms with E-state index in [-0.39, 0.29) is 49.9 Å². The Labute approximate surface area is 313 Å². The number of rotatable bonds is 20. The second kappa shape index (κ2) is 20.3. The minimum Gasteiger partial charge on any atom is -0.494 e. The summed E-state index contributed by atoms with van der Waals surface area (Å²) in [5, 5.41) is 35.1. The van der Waals surface area contributed by atoms with Crippen molar-refractivity contribution in [3.63, 3.8) is 0 Å². The van der Waals surface area contributed by atoms with E-state index in [1.54, 1.807) is 29.2 Å². The maximum Gasteiger partial charge on any atom is 0.332 e. The van der Waals surface area contributed by atoms with Gasteiger partial charge < -0.3 is 39.2 Å². The Kier molecular flexibility index (Phi) is 14.7. The molecule has 2 N–H and O–H groups in total. The molecule has 1 heterocycles. The number of nitro benzene ring substituents is 1. The van der Waals surface area contributed by atoms with Gasteiger partial charge in [-0.3, -0.25) is 19.7 Å². The number of azo groups is 2. The molecular weight excluding hydrogens is 704 g/mol. The Hall–Kier alpha value is -6.01. The molecule has 2 amide bonds. The highest BCUT2D eigenvalue weighted by Gasteiger charge is 2.35. The molecule has 288 valence electrons. The number of ether oxygens (including phenoxy) is 4. The molecule has 0 aliphatic carbocycles. The number of anilines is 1. The molecule has 1 fully saturated rings. The number of amides is 2. The van der Waals surface area contributed by atoms with Crippen molar-refractivity contribution in [1.82, 2.24) is 10.2 Å². The molecule has 4 rings (SSSR count). The number of aliphatic hydroxyl groups excluding tert-OH is 1. The van der Waals surface area contributed by atoms with Gasteiger partial charge in [0.2, 0.25) is 13.2 Å². The van der Waals surface area contributed by atoms with Crippen LogP contribution < -0.4 is 19.7 Å². The van der Waals surface area contributed by atoms with Crippen LogP contribution in [0, 0.1) is 16.0 Å². The zero-order chi connectivity index (χ0) is 39.7. The van der Waals surface area contributed by atoms with Gasteiger partial charge in [0.1, 0.15) is 36.1 Å². The number of hydrogen-bond donors (Lipinski definition) is 2. The molecule has 2 unspecified atom stereocenters. The van der Waals surface area contributed by atoms with E-state index in [9.17, 15) is 24.5 Å². The van der Waals surface area contributed by atoms with Crippen LogP contribution in [0.4, 0.5) is 34.1 Å². The lowest BCUT2D eigenvalue weighted by molar-refractivity contribution is -0.384. The van der Waals surface area contributed by atoms with Gasteiger partial charge in [-0.15, -0.1) is 10.2 Å². The van der Waals surface area contributed by atoms with Gasteiger partial charge in [-0.1, -0.05) is 0 Å². The fourth-order valence-electron chi connectivity index (χ4n) is 5.66. The molecule has 3 aromatic carbocycles. The van der Waals surface area contributed by atoms with Crippen LogP contribution in [-0.4, -0.2) is 108 Å². The number of nitrogens with one attached hydrogen (secondary N) is 1. The Balaban J connectivity index is 1.39. The van der Waals surface area contributed by atoms with Gasteiger partial charge in [-0.05, 0) is 56.2 Å². The number of carbonyl (C=O) groups is 3. The molecule has 54 heavy (non-hydrogen) atoms.